The van der Waals surface area contributed by atoms with Gasteiger partial charge in [-0.15, -0.1) is 0 Å². The van der Waals surface area contributed by atoms with Gasteiger partial charge in [0.15, 0.2) is 0 Å². The van der Waals surface area contributed by atoms with E-state index in [9.17, 15) is 14.9 Å². The number of amides is 1. The molecule has 1 heterocycles. The molecule has 1 aromatic heterocycles. The normalized spacial score (nSPS) is 12.0. The van der Waals surface area contributed by atoms with Crippen molar-refractivity contribution in [2.45, 2.75) is 12.6 Å². The summed E-state index contributed by atoms with van der Waals surface area (Å²) < 4.78 is 6.62. The first kappa shape index (κ1) is 18.4. The number of para-hydroxylation sites is 1. The average molecular weight is 347 g/mol. The predicted octanol–water partition coefficient (Wildman–Crippen LogP) is 1.22. The van der Waals surface area contributed by atoms with E-state index in [2.05, 4.69) is 10.4 Å². The molecule has 1 aromatic carbocycles. The minimum atomic E-state index is -0.550. The van der Waals surface area contributed by atoms with Gasteiger partial charge in [-0.25, -0.2) is 0 Å². The molecule has 1 atom stereocenters. The molecule has 0 aliphatic carbocycles. The van der Waals surface area contributed by atoms with Crippen molar-refractivity contribution in [2.24, 2.45) is 0 Å². The second kappa shape index (κ2) is 8.25. The molecule has 134 valence electrons. The summed E-state index contributed by atoms with van der Waals surface area (Å²) in [5, 5.41) is 17.3. The van der Waals surface area contributed by atoms with Crippen molar-refractivity contribution in [3.05, 3.63) is 52.3 Å². The van der Waals surface area contributed by atoms with Crippen molar-refractivity contribution in [2.75, 3.05) is 27.7 Å². The van der Waals surface area contributed by atoms with Crippen LogP contribution in [0.1, 0.15) is 11.6 Å². The highest BCUT2D eigenvalue weighted by Gasteiger charge is 2.19. The molecule has 0 aliphatic rings. The van der Waals surface area contributed by atoms with Gasteiger partial charge in [-0.3, -0.25) is 19.6 Å². The minimum absolute atomic E-state index is 0.0768. The quantitative estimate of drug-likeness (QED) is 0.569. The van der Waals surface area contributed by atoms with Gasteiger partial charge < -0.3 is 15.0 Å². The van der Waals surface area contributed by atoms with Gasteiger partial charge in [0.1, 0.15) is 24.7 Å². The maximum Gasteiger partial charge on any atom is 0.307 e. The van der Waals surface area contributed by atoms with Crippen LogP contribution in [0, 0.1) is 10.1 Å². The molecule has 0 fully saturated rings. The van der Waals surface area contributed by atoms with Gasteiger partial charge in [0.2, 0.25) is 5.91 Å². The Hall–Kier alpha value is -2.94. The number of methoxy groups -OCH3 is 1. The van der Waals surface area contributed by atoms with Crippen molar-refractivity contribution >= 4 is 11.6 Å². The summed E-state index contributed by atoms with van der Waals surface area (Å²) in [4.78, 5) is 24.2. The Labute approximate surface area is 145 Å². The van der Waals surface area contributed by atoms with Crippen molar-refractivity contribution in [3.63, 3.8) is 0 Å². The smallest absolute Gasteiger partial charge is 0.307 e. The largest absolute Gasteiger partial charge is 0.496 e. The van der Waals surface area contributed by atoms with Crippen molar-refractivity contribution < 1.29 is 14.5 Å². The van der Waals surface area contributed by atoms with Crippen LogP contribution in [0.2, 0.25) is 0 Å². The molecule has 1 N–H and O–H groups in total. The van der Waals surface area contributed by atoms with Crippen LogP contribution in [0.5, 0.6) is 5.75 Å². The van der Waals surface area contributed by atoms with Crippen molar-refractivity contribution in [1.29, 1.82) is 0 Å². The van der Waals surface area contributed by atoms with Gasteiger partial charge in [0, 0.05) is 12.1 Å². The summed E-state index contributed by atoms with van der Waals surface area (Å²) in [7, 11) is 5.44. The van der Waals surface area contributed by atoms with Crippen molar-refractivity contribution in [3.8, 4) is 5.75 Å². The summed E-state index contributed by atoms with van der Waals surface area (Å²) in [5.74, 6) is 0.470. The predicted molar refractivity (Wildman–Crippen MR) is 91.3 cm³/mol. The number of carbonyl (C=O) groups excluding carboxylic acids is 1. The third-order valence-electron chi connectivity index (χ3n) is 3.75. The van der Waals surface area contributed by atoms with Crippen LogP contribution < -0.4 is 10.1 Å². The molecule has 0 saturated heterocycles. The van der Waals surface area contributed by atoms with E-state index in [4.69, 9.17) is 4.74 Å². The van der Waals surface area contributed by atoms with Crippen molar-refractivity contribution in [1.82, 2.24) is 20.0 Å². The van der Waals surface area contributed by atoms with Crippen LogP contribution in [0.4, 0.5) is 5.69 Å². The monoisotopic (exact) mass is 347 g/mol. The zero-order valence-electron chi connectivity index (χ0n) is 14.4. The summed E-state index contributed by atoms with van der Waals surface area (Å²) in [6.07, 6.45) is 2.34. The number of benzene rings is 1. The van der Waals surface area contributed by atoms with E-state index in [-0.39, 0.29) is 24.2 Å². The van der Waals surface area contributed by atoms with Gasteiger partial charge in [0.05, 0.1) is 18.1 Å². The lowest BCUT2D eigenvalue weighted by molar-refractivity contribution is -0.385. The molecule has 1 amide bonds. The van der Waals surface area contributed by atoms with Crippen LogP contribution >= 0.6 is 0 Å². The first-order valence-electron chi connectivity index (χ1n) is 7.65. The molecule has 0 saturated carbocycles. The fourth-order valence-corrected chi connectivity index (χ4v) is 2.46. The molecule has 0 radical (unpaired) electrons. The van der Waals surface area contributed by atoms with Crippen LogP contribution in [-0.2, 0) is 11.3 Å². The van der Waals surface area contributed by atoms with E-state index in [1.165, 1.54) is 10.9 Å². The molecule has 0 spiro atoms. The molecule has 9 nitrogen and oxygen atoms in total. The Kier molecular flexibility index (Phi) is 6.07. The number of hydrogen-bond donors (Lipinski definition) is 1. The third kappa shape index (κ3) is 4.77. The number of nitro groups is 1. The van der Waals surface area contributed by atoms with E-state index < -0.39 is 4.92 Å². The van der Waals surface area contributed by atoms with Gasteiger partial charge in [-0.05, 0) is 20.2 Å². The van der Waals surface area contributed by atoms with Gasteiger partial charge >= 0.3 is 5.69 Å². The lowest BCUT2D eigenvalue weighted by atomic mass is 10.0. The summed E-state index contributed by atoms with van der Waals surface area (Å²) in [6, 6.07) is 7.55. The number of nitrogens with zero attached hydrogens (tertiary/aromatic N) is 4. The highest BCUT2D eigenvalue weighted by atomic mass is 16.6. The molecule has 0 aliphatic heterocycles. The molecular formula is C16H21N5O4. The lowest BCUT2D eigenvalue weighted by Crippen LogP contribution is -2.36. The zero-order valence-corrected chi connectivity index (χ0v) is 14.4. The Bertz CT molecular complexity index is 744. The second-order valence-corrected chi connectivity index (χ2v) is 5.68. The summed E-state index contributed by atoms with van der Waals surface area (Å²) in [6.45, 7) is 0.287. The fourth-order valence-electron chi connectivity index (χ4n) is 2.46. The van der Waals surface area contributed by atoms with Gasteiger partial charge in [-0.2, -0.15) is 5.10 Å². The van der Waals surface area contributed by atoms with Gasteiger partial charge in [-0.1, -0.05) is 18.2 Å². The standard InChI is InChI=1S/C16H21N5O4/c1-19(2)14(13-6-4-5-7-15(13)25-3)9-17-16(22)11-20-10-12(8-18-20)21(23)24/h4-8,10,14H,9,11H2,1-3H3,(H,17,22)/t14-/m0/s1. The molecule has 0 bridgehead atoms. The van der Waals surface area contributed by atoms with E-state index in [0.717, 1.165) is 17.5 Å². The summed E-state index contributed by atoms with van der Waals surface area (Å²) >= 11 is 0. The average Bonchev–Trinajstić information content (AvgIpc) is 3.04. The van der Waals surface area contributed by atoms with Crippen LogP contribution in [0.3, 0.4) is 0 Å². The number of rotatable bonds is 8. The first-order valence-corrected chi connectivity index (χ1v) is 7.65. The Balaban J connectivity index is 2.00. The second-order valence-electron chi connectivity index (χ2n) is 5.68. The Morgan fingerprint density at radius 2 is 2.16 bits per heavy atom. The van der Waals surface area contributed by atoms with Crippen LogP contribution in [-0.4, -0.2) is 53.3 Å². The molecule has 0 unspecified atom stereocenters. The highest BCUT2D eigenvalue weighted by Crippen LogP contribution is 2.27. The SMILES string of the molecule is COc1ccccc1[C@H](CNC(=O)Cn1cc([N+](=O)[O-])cn1)N(C)C. The van der Waals surface area contributed by atoms with Crippen LogP contribution in [0.25, 0.3) is 0 Å². The lowest BCUT2D eigenvalue weighted by Gasteiger charge is -2.26. The molecule has 9 heteroatoms. The third-order valence-corrected chi connectivity index (χ3v) is 3.75. The topological polar surface area (TPSA) is 103 Å². The van der Waals surface area contributed by atoms with E-state index in [1.54, 1.807) is 7.11 Å². The summed E-state index contributed by atoms with van der Waals surface area (Å²) in [5.41, 5.74) is 0.818. The minimum Gasteiger partial charge on any atom is -0.496 e. The highest BCUT2D eigenvalue weighted by molar-refractivity contribution is 5.75. The number of likely N-dealkylation sites (N-methyl/N-ethyl adjacent to an activating group) is 1. The number of aromatic nitrogens is 2. The first-order chi connectivity index (χ1) is 11.9. The fraction of sp³-hybridized carbons (Fsp3) is 0.375. The Morgan fingerprint density at radius 1 is 1.44 bits per heavy atom. The van der Waals surface area contributed by atoms with E-state index >= 15 is 0 Å². The molecule has 2 aromatic rings. The van der Waals surface area contributed by atoms with E-state index in [1.807, 2.05) is 43.3 Å². The number of hydrogen-bond acceptors (Lipinski definition) is 6. The molecule has 25 heavy (non-hydrogen) atoms. The van der Waals surface area contributed by atoms with E-state index in [0.29, 0.717) is 6.54 Å². The maximum absolute atomic E-state index is 12.1. The maximum atomic E-state index is 12.1. The molecular weight excluding hydrogens is 326 g/mol. The number of nitrogens with one attached hydrogen (secondary N) is 1. The van der Waals surface area contributed by atoms with Gasteiger partial charge in [0.25, 0.3) is 0 Å². The Morgan fingerprint density at radius 3 is 2.76 bits per heavy atom. The molecule has 2 rings (SSSR count). The number of carbonyl (C=O) groups is 1. The van der Waals surface area contributed by atoms with Crippen LogP contribution in [0.15, 0.2) is 36.7 Å². The number of ether oxygens (including phenoxy) is 1. The zero-order chi connectivity index (χ0) is 18.4.